The van der Waals surface area contributed by atoms with Gasteiger partial charge in [-0.1, -0.05) is 35.3 Å². The maximum atomic E-state index is 14.2. The lowest BCUT2D eigenvalue weighted by Crippen LogP contribution is -2.04. The van der Waals surface area contributed by atoms with Crippen LogP contribution in [0.25, 0.3) is 22.0 Å². The van der Waals surface area contributed by atoms with E-state index in [2.05, 4.69) is 15.3 Å². The highest BCUT2D eigenvalue weighted by molar-refractivity contribution is 6.42. The molecule has 0 fully saturated rings. The highest BCUT2D eigenvalue weighted by Crippen LogP contribution is 2.35. The summed E-state index contributed by atoms with van der Waals surface area (Å²) in [6.07, 6.45) is 1.60. The third-order valence-corrected chi connectivity index (χ3v) is 4.24. The van der Waals surface area contributed by atoms with Gasteiger partial charge >= 0.3 is 0 Å². The third kappa shape index (κ3) is 3.12. The van der Waals surface area contributed by atoms with E-state index in [9.17, 15) is 4.39 Å². The molecule has 1 aromatic heterocycles. The Labute approximate surface area is 147 Å². The number of anilines is 1. The van der Waals surface area contributed by atoms with Gasteiger partial charge in [0.2, 0.25) is 0 Å². The quantitative estimate of drug-likeness (QED) is 0.659. The fourth-order valence-corrected chi connectivity index (χ4v) is 2.71. The highest BCUT2D eigenvalue weighted by atomic mass is 35.5. The van der Waals surface area contributed by atoms with Crippen LogP contribution in [0.2, 0.25) is 10.0 Å². The van der Waals surface area contributed by atoms with Crippen molar-refractivity contribution in [1.29, 1.82) is 5.26 Å². The van der Waals surface area contributed by atoms with E-state index in [1.54, 1.807) is 24.3 Å². The first-order valence-electron chi connectivity index (χ1n) is 7.11. The molecule has 0 saturated carbocycles. The van der Waals surface area contributed by atoms with Crippen molar-refractivity contribution < 1.29 is 4.39 Å². The van der Waals surface area contributed by atoms with E-state index in [4.69, 9.17) is 28.5 Å². The molecular weight excluding hydrogens is 350 g/mol. The molecule has 0 saturated heterocycles. The SMILES string of the molecule is N#CCCNc1ncnc2c(F)ccc(-c3ccc(Cl)c(Cl)c3)c12. The summed E-state index contributed by atoms with van der Waals surface area (Å²) in [6, 6.07) is 10.2. The second-order valence-corrected chi connectivity index (χ2v) is 5.82. The molecule has 3 aromatic rings. The number of hydrogen-bond donors (Lipinski definition) is 1. The lowest BCUT2D eigenvalue weighted by atomic mass is 10.0. The number of fused-ring (bicyclic) bond motifs is 1. The molecule has 0 unspecified atom stereocenters. The fraction of sp³-hybridized carbons (Fsp3) is 0.118. The molecule has 0 atom stereocenters. The molecule has 0 bridgehead atoms. The first-order valence-corrected chi connectivity index (χ1v) is 7.87. The fourth-order valence-electron chi connectivity index (χ4n) is 2.42. The van der Waals surface area contributed by atoms with Crippen molar-refractivity contribution in [3.8, 4) is 17.2 Å². The van der Waals surface area contributed by atoms with Crippen LogP contribution < -0.4 is 5.32 Å². The van der Waals surface area contributed by atoms with E-state index in [0.29, 0.717) is 34.2 Å². The zero-order chi connectivity index (χ0) is 17.1. The van der Waals surface area contributed by atoms with Crippen molar-refractivity contribution in [2.24, 2.45) is 0 Å². The van der Waals surface area contributed by atoms with E-state index in [0.717, 1.165) is 11.1 Å². The molecule has 3 rings (SSSR count). The van der Waals surface area contributed by atoms with Crippen molar-refractivity contribution in [2.75, 3.05) is 11.9 Å². The first-order chi connectivity index (χ1) is 11.6. The van der Waals surface area contributed by atoms with Gasteiger partial charge < -0.3 is 5.32 Å². The molecule has 0 amide bonds. The summed E-state index contributed by atoms with van der Waals surface area (Å²) >= 11 is 12.1. The van der Waals surface area contributed by atoms with Gasteiger partial charge in [-0.25, -0.2) is 14.4 Å². The summed E-state index contributed by atoms with van der Waals surface area (Å²) in [5.41, 5.74) is 1.70. The maximum Gasteiger partial charge on any atom is 0.149 e. The van der Waals surface area contributed by atoms with Crippen LogP contribution in [0.4, 0.5) is 10.2 Å². The average molecular weight is 361 g/mol. The predicted octanol–water partition coefficient (Wildman–Crippen LogP) is 5.07. The number of aromatic nitrogens is 2. The Morgan fingerprint density at radius 3 is 2.71 bits per heavy atom. The molecule has 120 valence electrons. The molecule has 24 heavy (non-hydrogen) atoms. The van der Waals surface area contributed by atoms with E-state index >= 15 is 0 Å². The maximum absolute atomic E-state index is 14.2. The smallest absolute Gasteiger partial charge is 0.149 e. The van der Waals surface area contributed by atoms with Crippen LogP contribution in [0.15, 0.2) is 36.7 Å². The number of halogens is 3. The van der Waals surface area contributed by atoms with Gasteiger partial charge in [-0.05, 0) is 29.3 Å². The summed E-state index contributed by atoms with van der Waals surface area (Å²) in [5.74, 6) is 0.0235. The Morgan fingerprint density at radius 2 is 1.96 bits per heavy atom. The summed E-state index contributed by atoms with van der Waals surface area (Å²) in [6.45, 7) is 0.403. The van der Waals surface area contributed by atoms with E-state index in [1.807, 2.05) is 6.07 Å². The minimum absolute atomic E-state index is 0.202. The standard InChI is InChI=1S/C17H11Cl2FN4/c18-12-4-2-10(8-13(12)19)11-3-5-14(20)16-15(11)17(24-9-23-16)22-7-1-6-21/h2-5,8-9H,1,7H2,(H,22,23,24). The molecule has 0 radical (unpaired) electrons. The Morgan fingerprint density at radius 1 is 1.12 bits per heavy atom. The van der Waals surface area contributed by atoms with Crippen LogP contribution in [0.5, 0.6) is 0 Å². The summed E-state index contributed by atoms with van der Waals surface area (Å²) in [5, 5.41) is 13.1. The molecule has 0 aliphatic carbocycles. The van der Waals surface area contributed by atoms with Crippen LogP contribution >= 0.6 is 23.2 Å². The molecule has 4 nitrogen and oxygen atoms in total. The van der Waals surface area contributed by atoms with Gasteiger partial charge in [-0.2, -0.15) is 5.26 Å². The predicted molar refractivity (Wildman–Crippen MR) is 93.7 cm³/mol. The Bertz CT molecular complexity index is 953. The summed E-state index contributed by atoms with van der Waals surface area (Å²) < 4.78 is 14.2. The van der Waals surface area contributed by atoms with E-state index in [1.165, 1.54) is 12.4 Å². The average Bonchev–Trinajstić information content (AvgIpc) is 2.58. The number of nitrogens with one attached hydrogen (secondary N) is 1. The molecule has 7 heteroatoms. The van der Waals surface area contributed by atoms with Crippen LogP contribution in [0, 0.1) is 17.1 Å². The molecule has 1 heterocycles. The third-order valence-electron chi connectivity index (χ3n) is 3.50. The molecule has 1 N–H and O–H groups in total. The Hall–Kier alpha value is -2.42. The van der Waals surface area contributed by atoms with Crippen LogP contribution in [-0.4, -0.2) is 16.5 Å². The van der Waals surface area contributed by atoms with Crippen molar-refractivity contribution in [3.05, 3.63) is 52.5 Å². The van der Waals surface area contributed by atoms with Crippen molar-refractivity contribution in [1.82, 2.24) is 9.97 Å². The van der Waals surface area contributed by atoms with Gasteiger partial charge in [0.15, 0.2) is 0 Å². The number of rotatable bonds is 4. The van der Waals surface area contributed by atoms with Crippen LogP contribution in [0.1, 0.15) is 6.42 Å². The van der Waals surface area contributed by atoms with Crippen LogP contribution in [-0.2, 0) is 0 Å². The van der Waals surface area contributed by atoms with Crippen molar-refractivity contribution in [2.45, 2.75) is 6.42 Å². The van der Waals surface area contributed by atoms with E-state index in [-0.39, 0.29) is 5.52 Å². The number of benzene rings is 2. The largest absolute Gasteiger partial charge is 0.368 e. The summed E-state index contributed by atoms with van der Waals surface area (Å²) in [4.78, 5) is 8.23. The molecule has 0 aliphatic rings. The minimum Gasteiger partial charge on any atom is -0.368 e. The lowest BCUT2D eigenvalue weighted by molar-refractivity contribution is 0.636. The molecule has 0 aliphatic heterocycles. The van der Waals surface area contributed by atoms with Gasteiger partial charge in [-0.15, -0.1) is 0 Å². The molecule has 2 aromatic carbocycles. The van der Waals surface area contributed by atoms with Gasteiger partial charge in [0, 0.05) is 6.54 Å². The normalized spacial score (nSPS) is 10.6. The first kappa shape index (κ1) is 16.4. The number of nitrogens with zero attached hydrogens (tertiary/aromatic N) is 3. The molecular formula is C17H11Cl2FN4. The zero-order valence-electron chi connectivity index (χ0n) is 12.4. The van der Waals surface area contributed by atoms with Gasteiger partial charge in [0.1, 0.15) is 23.5 Å². The molecule has 0 spiro atoms. The lowest BCUT2D eigenvalue weighted by Gasteiger charge is -2.12. The monoisotopic (exact) mass is 360 g/mol. The van der Waals surface area contributed by atoms with Crippen molar-refractivity contribution in [3.63, 3.8) is 0 Å². The number of nitriles is 1. The zero-order valence-corrected chi connectivity index (χ0v) is 13.9. The van der Waals surface area contributed by atoms with Crippen molar-refractivity contribution >= 4 is 39.9 Å². The van der Waals surface area contributed by atoms with Gasteiger partial charge in [-0.3, -0.25) is 0 Å². The topological polar surface area (TPSA) is 61.6 Å². The second kappa shape index (κ2) is 7.00. The Kier molecular flexibility index (Phi) is 4.79. The summed E-state index contributed by atoms with van der Waals surface area (Å²) in [7, 11) is 0. The minimum atomic E-state index is -0.445. The second-order valence-electron chi connectivity index (χ2n) is 5.00. The van der Waals surface area contributed by atoms with Gasteiger partial charge in [0.05, 0.1) is 27.9 Å². The van der Waals surface area contributed by atoms with Crippen LogP contribution in [0.3, 0.4) is 0 Å². The Balaban J connectivity index is 2.22. The number of hydrogen-bond acceptors (Lipinski definition) is 4. The van der Waals surface area contributed by atoms with E-state index < -0.39 is 5.82 Å². The van der Waals surface area contributed by atoms with Gasteiger partial charge in [0.25, 0.3) is 0 Å². The highest BCUT2D eigenvalue weighted by Gasteiger charge is 2.14.